The van der Waals surface area contributed by atoms with Crippen LogP contribution in [-0.2, 0) is 6.42 Å². The molecule has 2 nitrogen and oxygen atoms in total. The standard InChI is InChI=1S/C21H23NO/c1-3-23-20-14-13-17-11-7-8-12-18(17)21(20)19(22-2)15-16-9-5-4-6-10-16/h4-14,19,22H,3,15H2,1-2H3. The van der Waals surface area contributed by atoms with Gasteiger partial charge in [-0.25, -0.2) is 0 Å². The van der Waals surface area contributed by atoms with Gasteiger partial charge >= 0.3 is 0 Å². The van der Waals surface area contributed by atoms with Crippen molar-refractivity contribution in [1.29, 1.82) is 0 Å². The highest BCUT2D eigenvalue weighted by atomic mass is 16.5. The molecule has 118 valence electrons. The molecule has 3 aromatic rings. The number of nitrogens with one attached hydrogen (secondary N) is 1. The molecule has 1 atom stereocenters. The summed E-state index contributed by atoms with van der Waals surface area (Å²) in [5.41, 5.74) is 2.57. The number of ether oxygens (including phenoxy) is 1. The van der Waals surface area contributed by atoms with Crippen molar-refractivity contribution < 1.29 is 4.74 Å². The fourth-order valence-electron chi connectivity index (χ4n) is 3.11. The molecule has 0 saturated heterocycles. The molecule has 0 fully saturated rings. The zero-order valence-corrected chi connectivity index (χ0v) is 13.8. The van der Waals surface area contributed by atoms with Crippen LogP contribution < -0.4 is 10.1 Å². The van der Waals surface area contributed by atoms with Crippen molar-refractivity contribution in [2.75, 3.05) is 13.7 Å². The molecule has 0 saturated carbocycles. The smallest absolute Gasteiger partial charge is 0.124 e. The Hall–Kier alpha value is -2.32. The van der Waals surface area contributed by atoms with Gasteiger partial charge in [-0.1, -0.05) is 60.7 Å². The zero-order chi connectivity index (χ0) is 16.1. The third kappa shape index (κ3) is 3.38. The summed E-state index contributed by atoms with van der Waals surface area (Å²) in [7, 11) is 2.02. The number of fused-ring (bicyclic) bond motifs is 1. The molecule has 0 bridgehead atoms. The van der Waals surface area contributed by atoms with Crippen molar-refractivity contribution in [3.05, 3.63) is 77.9 Å². The fourth-order valence-corrected chi connectivity index (χ4v) is 3.11. The van der Waals surface area contributed by atoms with Crippen molar-refractivity contribution in [2.24, 2.45) is 0 Å². The minimum absolute atomic E-state index is 0.213. The summed E-state index contributed by atoms with van der Waals surface area (Å²) < 4.78 is 5.93. The van der Waals surface area contributed by atoms with E-state index in [0.717, 1.165) is 12.2 Å². The van der Waals surface area contributed by atoms with Gasteiger partial charge in [-0.05, 0) is 42.8 Å². The topological polar surface area (TPSA) is 21.3 Å². The van der Waals surface area contributed by atoms with Gasteiger partial charge in [0.2, 0.25) is 0 Å². The normalized spacial score (nSPS) is 12.3. The van der Waals surface area contributed by atoms with Gasteiger partial charge in [-0.2, -0.15) is 0 Å². The van der Waals surface area contributed by atoms with Crippen molar-refractivity contribution >= 4 is 10.8 Å². The Morgan fingerprint density at radius 1 is 0.913 bits per heavy atom. The van der Waals surface area contributed by atoms with Crippen LogP contribution >= 0.6 is 0 Å². The third-order valence-corrected chi connectivity index (χ3v) is 4.21. The summed E-state index contributed by atoms with van der Waals surface area (Å²) in [6.45, 7) is 2.71. The molecule has 0 aromatic heterocycles. The Balaban J connectivity index is 2.08. The van der Waals surface area contributed by atoms with Gasteiger partial charge in [0.15, 0.2) is 0 Å². The summed E-state index contributed by atoms with van der Waals surface area (Å²) >= 11 is 0. The highest BCUT2D eigenvalue weighted by Gasteiger charge is 2.18. The van der Waals surface area contributed by atoms with Crippen LogP contribution in [0, 0.1) is 0 Å². The van der Waals surface area contributed by atoms with E-state index in [1.54, 1.807) is 0 Å². The molecule has 0 aliphatic heterocycles. The molecule has 0 aliphatic rings. The van der Waals surface area contributed by atoms with Gasteiger partial charge in [-0.3, -0.25) is 0 Å². The van der Waals surface area contributed by atoms with Crippen LogP contribution in [0.15, 0.2) is 66.7 Å². The maximum absolute atomic E-state index is 5.93. The lowest BCUT2D eigenvalue weighted by Crippen LogP contribution is -2.20. The molecule has 1 N–H and O–H groups in total. The number of likely N-dealkylation sites (N-methyl/N-ethyl adjacent to an activating group) is 1. The highest BCUT2D eigenvalue weighted by Crippen LogP contribution is 2.34. The molecule has 2 heteroatoms. The summed E-state index contributed by atoms with van der Waals surface area (Å²) in [5, 5.41) is 5.99. The van der Waals surface area contributed by atoms with Crippen LogP contribution in [0.1, 0.15) is 24.1 Å². The molecule has 0 heterocycles. The van der Waals surface area contributed by atoms with Crippen LogP contribution in [0.3, 0.4) is 0 Å². The van der Waals surface area contributed by atoms with E-state index in [1.165, 1.54) is 21.9 Å². The highest BCUT2D eigenvalue weighted by molar-refractivity contribution is 5.88. The minimum atomic E-state index is 0.213. The molecule has 0 amide bonds. The van der Waals surface area contributed by atoms with Crippen LogP contribution in [0.4, 0.5) is 0 Å². The Morgan fingerprint density at radius 2 is 1.65 bits per heavy atom. The zero-order valence-electron chi connectivity index (χ0n) is 13.8. The average Bonchev–Trinajstić information content (AvgIpc) is 2.61. The maximum atomic E-state index is 5.93. The van der Waals surface area contributed by atoms with Gasteiger partial charge < -0.3 is 10.1 Å². The van der Waals surface area contributed by atoms with Crippen molar-refractivity contribution in [3.63, 3.8) is 0 Å². The van der Waals surface area contributed by atoms with Gasteiger partial charge in [0.1, 0.15) is 5.75 Å². The number of rotatable bonds is 6. The monoisotopic (exact) mass is 305 g/mol. The summed E-state index contributed by atoms with van der Waals surface area (Å²) in [6.07, 6.45) is 0.936. The fraction of sp³-hybridized carbons (Fsp3) is 0.238. The van der Waals surface area contributed by atoms with Crippen LogP contribution in [0.2, 0.25) is 0 Å². The van der Waals surface area contributed by atoms with E-state index in [2.05, 4.69) is 72.0 Å². The van der Waals surface area contributed by atoms with Gasteiger partial charge in [0, 0.05) is 11.6 Å². The summed E-state index contributed by atoms with van der Waals surface area (Å²) in [5.74, 6) is 0.974. The predicted molar refractivity (Wildman–Crippen MR) is 97.1 cm³/mol. The average molecular weight is 305 g/mol. The SMILES string of the molecule is CCOc1ccc2ccccc2c1C(Cc1ccccc1)NC. The molecule has 23 heavy (non-hydrogen) atoms. The first-order valence-corrected chi connectivity index (χ1v) is 8.19. The lowest BCUT2D eigenvalue weighted by atomic mass is 9.93. The first-order valence-electron chi connectivity index (χ1n) is 8.19. The van der Waals surface area contributed by atoms with E-state index in [4.69, 9.17) is 4.74 Å². The number of benzene rings is 3. The Kier molecular flexibility index (Phi) is 4.94. The molecular weight excluding hydrogens is 282 g/mol. The molecule has 0 spiro atoms. The molecule has 3 rings (SSSR count). The Labute approximate surface area is 138 Å². The minimum Gasteiger partial charge on any atom is -0.494 e. The second kappa shape index (κ2) is 7.30. The Bertz CT molecular complexity index is 767. The van der Waals surface area contributed by atoms with Crippen LogP contribution in [0.25, 0.3) is 10.8 Å². The maximum Gasteiger partial charge on any atom is 0.124 e. The predicted octanol–water partition coefficient (Wildman–Crippen LogP) is 4.74. The molecule has 0 aliphatic carbocycles. The summed E-state index contributed by atoms with van der Waals surface area (Å²) in [4.78, 5) is 0. The van der Waals surface area contributed by atoms with Crippen molar-refractivity contribution in [1.82, 2.24) is 5.32 Å². The van der Waals surface area contributed by atoms with E-state index < -0.39 is 0 Å². The molecule has 3 aromatic carbocycles. The third-order valence-electron chi connectivity index (χ3n) is 4.21. The second-order valence-electron chi connectivity index (χ2n) is 5.66. The number of hydrogen-bond acceptors (Lipinski definition) is 2. The van der Waals surface area contributed by atoms with Gasteiger partial charge in [0.05, 0.1) is 6.61 Å². The first-order chi connectivity index (χ1) is 11.3. The van der Waals surface area contributed by atoms with E-state index >= 15 is 0 Å². The lowest BCUT2D eigenvalue weighted by Gasteiger charge is -2.22. The van der Waals surface area contributed by atoms with Gasteiger partial charge in [0.25, 0.3) is 0 Å². The summed E-state index contributed by atoms with van der Waals surface area (Å²) in [6, 6.07) is 23.6. The van der Waals surface area contributed by atoms with E-state index in [1.807, 2.05) is 14.0 Å². The van der Waals surface area contributed by atoms with Crippen molar-refractivity contribution in [3.8, 4) is 5.75 Å². The quantitative estimate of drug-likeness (QED) is 0.710. The Morgan fingerprint density at radius 3 is 2.39 bits per heavy atom. The second-order valence-corrected chi connectivity index (χ2v) is 5.66. The van der Waals surface area contributed by atoms with E-state index in [0.29, 0.717) is 6.61 Å². The van der Waals surface area contributed by atoms with Gasteiger partial charge in [-0.15, -0.1) is 0 Å². The van der Waals surface area contributed by atoms with E-state index in [-0.39, 0.29) is 6.04 Å². The first kappa shape index (κ1) is 15.6. The van der Waals surface area contributed by atoms with E-state index in [9.17, 15) is 0 Å². The largest absolute Gasteiger partial charge is 0.494 e. The van der Waals surface area contributed by atoms with Crippen molar-refractivity contribution in [2.45, 2.75) is 19.4 Å². The number of hydrogen-bond donors (Lipinski definition) is 1. The van der Waals surface area contributed by atoms with Crippen LogP contribution in [0.5, 0.6) is 5.75 Å². The lowest BCUT2D eigenvalue weighted by molar-refractivity contribution is 0.333. The molecule has 0 radical (unpaired) electrons. The molecular formula is C21H23NO. The van der Waals surface area contributed by atoms with Crippen LogP contribution in [-0.4, -0.2) is 13.7 Å². The molecule has 1 unspecified atom stereocenters.